The average molecular weight is 710 g/mol. The third-order valence-corrected chi connectivity index (χ3v) is 10.2. The van der Waals surface area contributed by atoms with Crippen LogP contribution in [0.3, 0.4) is 0 Å². The molecule has 1 N–H and O–H groups in total. The van der Waals surface area contributed by atoms with Crippen LogP contribution in [0.15, 0.2) is 52.8 Å². The molecule has 0 saturated carbocycles. The van der Waals surface area contributed by atoms with Gasteiger partial charge in [0.1, 0.15) is 5.69 Å². The third-order valence-electron chi connectivity index (χ3n) is 8.27. The highest BCUT2D eigenvalue weighted by atomic mass is 32.1. The Kier molecular flexibility index (Phi) is 7.59. The van der Waals surface area contributed by atoms with E-state index in [2.05, 4.69) is 34.8 Å². The molecule has 17 heteroatoms. The molecule has 2 aliphatic rings. The maximum absolute atomic E-state index is 14.1. The predicted octanol–water partition coefficient (Wildman–Crippen LogP) is 8.37. The quantitative estimate of drug-likeness (QED) is 0.0464. The zero-order chi connectivity index (χ0) is 34.0. The fraction of sp³-hybridized carbons (Fsp3) is 0.188. The molecule has 248 valence electrons. The average Bonchev–Trinajstić information content (AvgIpc) is 3.95. The number of fused-ring (bicyclic) bond motifs is 4. The van der Waals surface area contributed by atoms with Gasteiger partial charge in [-0.2, -0.15) is 8.78 Å². The van der Waals surface area contributed by atoms with Crippen molar-refractivity contribution in [3.8, 4) is 5.75 Å². The molecule has 49 heavy (non-hydrogen) atoms. The molecule has 0 spiro atoms. The first-order chi connectivity index (χ1) is 23.7. The minimum Gasteiger partial charge on any atom is -0.415 e. The lowest BCUT2D eigenvalue weighted by atomic mass is 10.1. The third kappa shape index (κ3) is 5.38. The first kappa shape index (κ1) is 31.0. The van der Waals surface area contributed by atoms with E-state index in [1.807, 2.05) is 6.07 Å². The van der Waals surface area contributed by atoms with Crippen LogP contribution in [-0.4, -0.2) is 46.5 Å². The fourth-order valence-electron chi connectivity index (χ4n) is 5.90. The number of hydrogen-bond donors (Lipinski definition) is 1. The van der Waals surface area contributed by atoms with Crippen molar-refractivity contribution in [3.63, 3.8) is 0 Å². The summed E-state index contributed by atoms with van der Waals surface area (Å²) in [5, 5.41) is 11.1. The number of aromatic amines is 1. The number of anilines is 2. The van der Waals surface area contributed by atoms with Crippen LogP contribution in [0.2, 0.25) is 0 Å². The molecule has 6 aromatic rings. The number of carbonyl (C=O) groups excluding carboxylic acids is 2. The van der Waals surface area contributed by atoms with Gasteiger partial charge in [0.25, 0.3) is 5.91 Å². The van der Waals surface area contributed by atoms with E-state index in [-0.39, 0.29) is 16.6 Å². The first-order valence-corrected chi connectivity index (χ1v) is 16.5. The Bertz CT molecular complexity index is 2340. The van der Waals surface area contributed by atoms with Crippen molar-refractivity contribution in [1.29, 1.82) is 0 Å². The normalized spacial score (nSPS) is 14.6. The molecule has 8 rings (SSSR count). The molecule has 0 atom stereocenters. The first-order valence-electron chi connectivity index (χ1n) is 14.9. The van der Waals surface area contributed by atoms with Crippen LogP contribution in [0.5, 0.6) is 5.75 Å². The number of esters is 1. The summed E-state index contributed by atoms with van der Waals surface area (Å²) in [6.45, 7) is 2.29. The smallest absolute Gasteiger partial charge is 0.360 e. The molecule has 2 aliphatic heterocycles. The second-order valence-corrected chi connectivity index (χ2v) is 13.3. The number of halogens is 5. The minimum atomic E-state index is -2.37. The lowest BCUT2D eigenvalue weighted by Gasteiger charge is -2.15. The Morgan fingerprint density at radius 2 is 1.63 bits per heavy atom. The number of amides is 1. The number of azo groups is 1. The van der Waals surface area contributed by atoms with Crippen LogP contribution >= 0.6 is 22.7 Å². The predicted molar refractivity (Wildman–Crippen MR) is 172 cm³/mol. The topological polar surface area (TPSA) is 116 Å². The molecule has 10 nitrogen and oxygen atoms in total. The maximum Gasteiger partial charge on any atom is 0.360 e. The lowest BCUT2D eigenvalue weighted by Crippen LogP contribution is -2.28. The van der Waals surface area contributed by atoms with Crippen molar-refractivity contribution >= 4 is 77.2 Å². The van der Waals surface area contributed by atoms with Crippen molar-refractivity contribution < 1.29 is 36.3 Å². The van der Waals surface area contributed by atoms with Crippen molar-refractivity contribution in [3.05, 3.63) is 87.9 Å². The van der Waals surface area contributed by atoms with E-state index in [1.165, 1.54) is 28.7 Å². The molecule has 1 amide bonds. The Morgan fingerprint density at radius 3 is 2.41 bits per heavy atom. The highest BCUT2D eigenvalue weighted by Crippen LogP contribution is 2.38. The Labute approximate surface area is 280 Å². The zero-order valence-corrected chi connectivity index (χ0v) is 26.5. The molecule has 3 aromatic heterocycles. The lowest BCUT2D eigenvalue weighted by molar-refractivity contribution is 0.0710. The molecular weight excluding hydrogens is 690 g/mol. The van der Waals surface area contributed by atoms with Crippen LogP contribution in [0.1, 0.15) is 38.7 Å². The molecule has 5 heterocycles. The van der Waals surface area contributed by atoms with Gasteiger partial charge in [0.2, 0.25) is 34.8 Å². The van der Waals surface area contributed by atoms with Crippen LogP contribution in [0.25, 0.3) is 21.1 Å². The number of hydrogen-bond acceptors (Lipinski definition) is 10. The van der Waals surface area contributed by atoms with Gasteiger partial charge in [-0.25, -0.2) is 27.9 Å². The van der Waals surface area contributed by atoms with Crippen molar-refractivity contribution in [2.75, 3.05) is 29.4 Å². The Morgan fingerprint density at radius 1 is 0.878 bits per heavy atom. The summed E-state index contributed by atoms with van der Waals surface area (Å²) < 4.78 is 74.1. The number of H-pyrrole nitrogens is 1. The number of benzene rings is 3. The summed E-state index contributed by atoms with van der Waals surface area (Å²) in [5.41, 5.74) is 2.64. The van der Waals surface area contributed by atoms with Crippen LogP contribution in [-0.2, 0) is 6.42 Å². The molecule has 1 fully saturated rings. The summed E-state index contributed by atoms with van der Waals surface area (Å²) in [6.07, 6.45) is 4.42. The van der Waals surface area contributed by atoms with Gasteiger partial charge in [-0.05, 0) is 61.2 Å². The number of nitrogens with zero attached hydrogens (tertiary/aromatic N) is 6. The maximum atomic E-state index is 14.1. The summed E-state index contributed by atoms with van der Waals surface area (Å²) in [4.78, 5) is 41.9. The van der Waals surface area contributed by atoms with Gasteiger partial charge in [0.05, 0.1) is 22.1 Å². The molecule has 0 radical (unpaired) electrons. The molecule has 3 aromatic carbocycles. The summed E-state index contributed by atoms with van der Waals surface area (Å²) in [5.74, 6) is -14.8. The molecule has 0 aliphatic carbocycles. The number of thiazole rings is 2. The van der Waals surface area contributed by atoms with Crippen molar-refractivity contribution in [1.82, 2.24) is 15.0 Å². The van der Waals surface area contributed by atoms with Gasteiger partial charge < -0.3 is 19.5 Å². The number of aromatic nitrogens is 3. The minimum absolute atomic E-state index is 0.260. The van der Waals surface area contributed by atoms with Crippen LogP contribution in [0, 0.1) is 29.1 Å². The van der Waals surface area contributed by atoms with Crippen molar-refractivity contribution in [2.45, 2.75) is 19.3 Å². The van der Waals surface area contributed by atoms with E-state index in [4.69, 9.17) is 0 Å². The molecule has 1 saturated heterocycles. The van der Waals surface area contributed by atoms with E-state index < -0.39 is 40.8 Å². The summed E-state index contributed by atoms with van der Waals surface area (Å²) in [7, 11) is 0. The molecular formula is C32H20F5N7O3S2. The zero-order valence-electron chi connectivity index (χ0n) is 24.9. The van der Waals surface area contributed by atoms with Gasteiger partial charge in [-0.15, -0.1) is 21.6 Å². The number of carbonyl (C=O) groups is 2. The second kappa shape index (κ2) is 12.0. The van der Waals surface area contributed by atoms with E-state index >= 15 is 0 Å². The van der Waals surface area contributed by atoms with Crippen LogP contribution < -0.4 is 14.5 Å². The van der Waals surface area contributed by atoms with E-state index in [9.17, 15) is 31.5 Å². The van der Waals surface area contributed by atoms with Gasteiger partial charge in [0, 0.05) is 36.2 Å². The number of nitrogens with one attached hydrogen (secondary N) is 1. The Hall–Kier alpha value is -5.29. The van der Waals surface area contributed by atoms with E-state index in [0.717, 1.165) is 35.8 Å². The fourth-order valence-corrected chi connectivity index (χ4v) is 7.64. The van der Waals surface area contributed by atoms with Gasteiger partial charge in [-0.3, -0.25) is 4.79 Å². The highest BCUT2D eigenvalue weighted by molar-refractivity contribution is 7.20. The number of rotatable bonds is 6. The van der Waals surface area contributed by atoms with E-state index in [0.29, 0.717) is 51.3 Å². The standard InChI is InChI=1S/C32H20F5N7O3S2/c33-23-24(34)26(36)28(27(37)25(23)35)47-31(46)19-12-16-15-7-10-44(20(15)6-5-17(16)39-19)30(45)29-40-18-4-3-14(11-21(18)48-29)41-42-22-13-38-32(49-22)43-8-1-2-9-43/h3-6,11-13,39H,1-2,7-10H2. The molecule has 0 unspecified atom stereocenters. The van der Waals surface area contributed by atoms with Crippen LogP contribution in [0.4, 0.5) is 43.5 Å². The summed E-state index contributed by atoms with van der Waals surface area (Å²) >= 11 is 2.70. The number of ether oxygens (including phenoxy) is 1. The highest BCUT2D eigenvalue weighted by Gasteiger charge is 2.32. The monoisotopic (exact) mass is 709 g/mol. The summed E-state index contributed by atoms with van der Waals surface area (Å²) in [6, 6.07) is 9.96. The SMILES string of the molecule is O=C(Oc1c(F)c(F)c(F)c(F)c1F)c1cc2c3c(ccc2[nH]1)N(C(=O)c1nc2ccc(N=Nc4cnc(N5CCCC5)s4)cc2s1)CC3. The van der Waals surface area contributed by atoms with Gasteiger partial charge in [-0.1, -0.05) is 11.3 Å². The van der Waals surface area contributed by atoms with E-state index in [1.54, 1.807) is 35.4 Å². The second-order valence-electron chi connectivity index (χ2n) is 11.2. The Balaban J connectivity index is 1.01. The van der Waals surface area contributed by atoms with Gasteiger partial charge in [0.15, 0.2) is 15.1 Å². The molecule has 0 bridgehead atoms. The van der Waals surface area contributed by atoms with Gasteiger partial charge >= 0.3 is 5.97 Å². The van der Waals surface area contributed by atoms with Crippen molar-refractivity contribution in [2.24, 2.45) is 10.2 Å². The largest absolute Gasteiger partial charge is 0.415 e.